The van der Waals surface area contributed by atoms with E-state index in [1.165, 1.54) is 5.56 Å². The first-order valence-electron chi connectivity index (χ1n) is 4.66. The van der Waals surface area contributed by atoms with Crippen LogP contribution < -0.4 is 11.1 Å². The summed E-state index contributed by atoms with van der Waals surface area (Å²) in [6, 6.07) is 9.65. The monoisotopic (exact) mass is 200 g/mol. The summed E-state index contributed by atoms with van der Waals surface area (Å²) in [6.07, 6.45) is 1.62. The van der Waals surface area contributed by atoms with Gasteiger partial charge in [0.2, 0.25) is 5.95 Å². The van der Waals surface area contributed by atoms with Crippen LogP contribution in [0.4, 0.5) is 17.5 Å². The van der Waals surface area contributed by atoms with Crippen LogP contribution >= 0.6 is 0 Å². The molecule has 76 valence electrons. The van der Waals surface area contributed by atoms with Crippen molar-refractivity contribution < 1.29 is 0 Å². The fraction of sp³-hybridized carbons (Fsp3) is 0.0909. The van der Waals surface area contributed by atoms with Gasteiger partial charge >= 0.3 is 0 Å². The SMILES string of the molecule is Cc1ccc(Nc2nccc(N)n2)cc1. The van der Waals surface area contributed by atoms with E-state index < -0.39 is 0 Å². The second-order valence-electron chi connectivity index (χ2n) is 3.30. The van der Waals surface area contributed by atoms with Crippen molar-refractivity contribution in [3.63, 3.8) is 0 Å². The lowest BCUT2D eigenvalue weighted by molar-refractivity contribution is 1.17. The highest BCUT2D eigenvalue weighted by Crippen LogP contribution is 2.13. The van der Waals surface area contributed by atoms with Crippen molar-refractivity contribution >= 4 is 17.5 Å². The number of nitrogens with zero attached hydrogens (tertiary/aromatic N) is 2. The number of nitrogens with two attached hydrogens (primary N) is 1. The maximum atomic E-state index is 5.55. The summed E-state index contributed by atoms with van der Waals surface area (Å²) in [5.74, 6) is 0.971. The van der Waals surface area contributed by atoms with Crippen molar-refractivity contribution in [2.75, 3.05) is 11.1 Å². The van der Waals surface area contributed by atoms with E-state index in [-0.39, 0.29) is 0 Å². The van der Waals surface area contributed by atoms with E-state index in [0.717, 1.165) is 5.69 Å². The topological polar surface area (TPSA) is 63.8 Å². The molecule has 3 N–H and O–H groups in total. The van der Waals surface area contributed by atoms with Crippen LogP contribution in [0.5, 0.6) is 0 Å². The van der Waals surface area contributed by atoms with E-state index in [4.69, 9.17) is 5.73 Å². The minimum absolute atomic E-state index is 0.458. The Balaban J connectivity index is 2.18. The van der Waals surface area contributed by atoms with Crippen LogP contribution in [0.3, 0.4) is 0 Å². The molecule has 0 aliphatic rings. The number of anilines is 3. The van der Waals surface area contributed by atoms with E-state index in [0.29, 0.717) is 11.8 Å². The summed E-state index contributed by atoms with van der Waals surface area (Å²) in [5, 5.41) is 3.07. The molecule has 1 aromatic heterocycles. The van der Waals surface area contributed by atoms with Crippen LogP contribution in [0.15, 0.2) is 36.5 Å². The van der Waals surface area contributed by atoms with Crippen molar-refractivity contribution in [3.05, 3.63) is 42.1 Å². The van der Waals surface area contributed by atoms with Gasteiger partial charge in [0.1, 0.15) is 5.82 Å². The van der Waals surface area contributed by atoms with Gasteiger partial charge in [0.15, 0.2) is 0 Å². The molecule has 0 unspecified atom stereocenters. The van der Waals surface area contributed by atoms with Crippen LogP contribution in [0, 0.1) is 6.92 Å². The Morgan fingerprint density at radius 1 is 1.13 bits per heavy atom. The van der Waals surface area contributed by atoms with Crippen molar-refractivity contribution in [1.29, 1.82) is 0 Å². The minimum atomic E-state index is 0.458. The Bertz CT molecular complexity index is 450. The molecule has 0 spiro atoms. The van der Waals surface area contributed by atoms with Gasteiger partial charge in [-0.2, -0.15) is 4.98 Å². The molecule has 2 rings (SSSR count). The summed E-state index contributed by atoms with van der Waals surface area (Å²) in [7, 11) is 0. The van der Waals surface area contributed by atoms with Crippen LogP contribution in [-0.4, -0.2) is 9.97 Å². The minimum Gasteiger partial charge on any atom is -0.384 e. The number of aryl methyl sites for hydroxylation is 1. The molecule has 0 atom stereocenters. The highest BCUT2D eigenvalue weighted by atomic mass is 15.1. The van der Waals surface area contributed by atoms with Gasteiger partial charge in [-0.1, -0.05) is 17.7 Å². The zero-order valence-electron chi connectivity index (χ0n) is 8.44. The second kappa shape index (κ2) is 3.96. The zero-order valence-corrected chi connectivity index (χ0v) is 8.44. The van der Waals surface area contributed by atoms with Gasteiger partial charge in [-0.3, -0.25) is 0 Å². The predicted octanol–water partition coefficient (Wildman–Crippen LogP) is 2.11. The van der Waals surface area contributed by atoms with Gasteiger partial charge in [0, 0.05) is 11.9 Å². The van der Waals surface area contributed by atoms with Gasteiger partial charge in [0.25, 0.3) is 0 Å². The van der Waals surface area contributed by atoms with E-state index in [1.807, 2.05) is 31.2 Å². The number of aromatic nitrogens is 2. The quantitative estimate of drug-likeness (QED) is 0.779. The molecule has 0 fully saturated rings. The van der Waals surface area contributed by atoms with Gasteiger partial charge in [0.05, 0.1) is 0 Å². The average Bonchev–Trinajstić information content (AvgIpc) is 2.22. The van der Waals surface area contributed by atoms with Crippen LogP contribution in [-0.2, 0) is 0 Å². The third-order valence-electron chi connectivity index (χ3n) is 1.98. The molecular weight excluding hydrogens is 188 g/mol. The van der Waals surface area contributed by atoms with Crippen LogP contribution in [0.1, 0.15) is 5.56 Å². The number of hydrogen-bond acceptors (Lipinski definition) is 4. The van der Waals surface area contributed by atoms with Crippen molar-refractivity contribution in [3.8, 4) is 0 Å². The fourth-order valence-electron chi connectivity index (χ4n) is 1.20. The van der Waals surface area contributed by atoms with Crippen LogP contribution in [0.25, 0.3) is 0 Å². The number of hydrogen-bond donors (Lipinski definition) is 2. The smallest absolute Gasteiger partial charge is 0.229 e. The Labute approximate surface area is 88.2 Å². The second-order valence-corrected chi connectivity index (χ2v) is 3.30. The summed E-state index contributed by atoms with van der Waals surface area (Å²) in [4.78, 5) is 8.10. The molecule has 0 amide bonds. The average molecular weight is 200 g/mol. The van der Waals surface area contributed by atoms with Crippen LogP contribution in [0.2, 0.25) is 0 Å². The number of rotatable bonds is 2. The summed E-state index contributed by atoms with van der Waals surface area (Å²) >= 11 is 0. The van der Waals surface area contributed by atoms with Crippen molar-refractivity contribution in [2.24, 2.45) is 0 Å². The highest BCUT2D eigenvalue weighted by molar-refractivity contribution is 5.54. The van der Waals surface area contributed by atoms with E-state index in [9.17, 15) is 0 Å². The molecule has 15 heavy (non-hydrogen) atoms. The zero-order chi connectivity index (χ0) is 10.7. The van der Waals surface area contributed by atoms with E-state index in [2.05, 4.69) is 15.3 Å². The Hall–Kier alpha value is -2.10. The molecule has 0 saturated carbocycles. The molecule has 0 aliphatic carbocycles. The third-order valence-corrected chi connectivity index (χ3v) is 1.98. The third kappa shape index (κ3) is 2.43. The highest BCUT2D eigenvalue weighted by Gasteiger charge is 1.97. The first kappa shape index (κ1) is 9.45. The van der Waals surface area contributed by atoms with Crippen molar-refractivity contribution in [1.82, 2.24) is 9.97 Å². The first-order valence-corrected chi connectivity index (χ1v) is 4.66. The molecule has 2 aromatic rings. The Kier molecular flexibility index (Phi) is 2.49. The molecular formula is C11H12N4. The molecule has 0 aliphatic heterocycles. The first-order chi connectivity index (χ1) is 7.24. The largest absolute Gasteiger partial charge is 0.384 e. The summed E-state index contributed by atoms with van der Waals surface area (Å²) in [5.41, 5.74) is 7.71. The lowest BCUT2D eigenvalue weighted by atomic mass is 10.2. The predicted molar refractivity (Wildman–Crippen MR) is 60.9 cm³/mol. The number of nitrogen functional groups attached to an aromatic ring is 1. The van der Waals surface area contributed by atoms with Crippen molar-refractivity contribution in [2.45, 2.75) is 6.92 Å². The maximum Gasteiger partial charge on any atom is 0.229 e. The molecule has 1 aromatic carbocycles. The van der Waals surface area contributed by atoms with Gasteiger partial charge < -0.3 is 11.1 Å². The molecule has 0 radical (unpaired) electrons. The molecule has 4 nitrogen and oxygen atoms in total. The lowest BCUT2D eigenvalue weighted by Gasteiger charge is -2.04. The number of nitrogens with one attached hydrogen (secondary N) is 1. The maximum absolute atomic E-state index is 5.55. The lowest BCUT2D eigenvalue weighted by Crippen LogP contribution is -1.99. The standard InChI is InChI=1S/C11H12N4/c1-8-2-4-9(5-3-8)14-11-13-7-6-10(12)15-11/h2-7H,1H3,(H3,12,13,14,15). The fourth-order valence-corrected chi connectivity index (χ4v) is 1.20. The van der Waals surface area contributed by atoms with E-state index in [1.54, 1.807) is 12.3 Å². The van der Waals surface area contributed by atoms with Gasteiger partial charge in [-0.15, -0.1) is 0 Å². The molecule has 4 heteroatoms. The molecule has 0 bridgehead atoms. The normalized spacial score (nSPS) is 9.93. The van der Waals surface area contributed by atoms with Gasteiger partial charge in [-0.25, -0.2) is 4.98 Å². The molecule has 0 saturated heterocycles. The Morgan fingerprint density at radius 3 is 2.53 bits per heavy atom. The molecule has 1 heterocycles. The Morgan fingerprint density at radius 2 is 1.87 bits per heavy atom. The van der Waals surface area contributed by atoms with E-state index >= 15 is 0 Å². The summed E-state index contributed by atoms with van der Waals surface area (Å²) in [6.45, 7) is 2.04. The number of benzene rings is 1. The van der Waals surface area contributed by atoms with Gasteiger partial charge in [-0.05, 0) is 25.1 Å². The summed E-state index contributed by atoms with van der Waals surface area (Å²) < 4.78 is 0.